The van der Waals surface area contributed by atoms with Crippen molar-refractivity contribution in [3.63, 3.8) is 0 Å². The average molecular weight is 281 g/mol. The van der Waals surface area contributed by atoms with E-state index >= 15 is 0 Å². The van der Waals surface area contributed by atoms with Gasteiger partial charge in [-0.3, -0.25) is 4.79 Å². The van der Waals surface area contributed by atoms with Crippen molar-refractivity contribution in [3.8, 4) is 6.07 Å². The Bertz CT molecular complexity index is 739. The molecule has 0 radical (unpaired) electrons. The number of benzene rings is 1. The van der Waals surface area contributed by atoms with Gasteiger partial charge in [0, 0.05) is 11.6 Å². The number of furan rings is 1. The maximum absolute atomic E-state index is 12.0. The number of nitrogens with one attached hydrogen (secondary N) is 1. The van der Waals surface area contributed by atoms with Crippen LogP contribution in [0, 0.1) is 11.3 Å². The topological polar surface area (TPSA) is 106 Å². The molecular weight excluding hydrogens is 272 g/mol. The summed E-state index contributed by atoms with van der Waals surface area (Å²) < 4.78 is 5.02. The molecule has 0 saturated heterocycles. The minimum absolute atomic E-state index is 0.0584. The predicted molar refractivity (Wildman–Crippen MR) is 71.7 cm³/mol. The van der Waals surface area contributed by atoms with Gasteiger partial charge in [-0.25, -0.2) is 0 Å². The van der Waals surface area contributed by atoms with Gasteiger partial charge < -0.3 is 19.6 Å². The normalized spacial score (nSPS) is 10.7. The maximum atomic E-state index is 12.0. The molecule has 2 aromatic rings. The number of nitriles is 1. The molecule has 1 amide bonds. The fraction of sp³-hybridized carbons (Fsp3) is 0. The van der Waals surface area contributed by atoms with E-state index in [4.69, 9.17) is 9.68 Å². The summed E-state index contributed by atoms with van der Waals surface area (Å²) in [4.78, 5) is 22.9. The highest BCUT2D eigenvalue weighted by Gasteiger charge is 2.12. The van der Waals surface area contributed by atoms with Crippen LogP contribution in [0.5, 0.6) is 0 Å². The van der Waals surface area contributed by atoms with Gasteiger partial charge in [-0.15, -0.1) is 0 Å². The molecule has 0 bridgehead atoms. The number of rotatable bonds is 4. The van der Waals surface area contributed by atoms with Crippen molar-refractivity contribution in [2.75, 3.05) is 5.32 Å². The van der Waals surface area contributed by atoms with Crippen LogP contribution in [-0.4, -0.2) is 11.9 Å². The molecule has 0 aliphatic carbocycles. The van der Waals surface area contributed by atoms with E-state index in [0.29, 0.717) is 5.76 Å². The molecule has 6 nitrogen and oxygen atoms in total. The molecule has 1 aromatic carbocycles. The first-order valence-electron chi connectivity index (χ1n) is 5.89. The lowest BCUT2D eigenvalue weighted by atomic mass is 10.1. The second kappa shape index (κ2) is 6.21. The van der Waals surface area contributed by atoms with Crippen molar-refractivity contribution in [1.82, 2.24) is 0 Å². The molecule has 0 fully saturated rings. The molecule has 1 N–H and O–H groups in total. The summed E-state index contributed by atoms with van der Waals surface area (Å²) in [5.41, 5.74) is -0.317. The maximum Gasteiger partial charge on any atom is 0.266 e. The minimum atomic E-state index is -1.42. The van der Waals surface area contributed by atoms with Gasteiger partial charge in [0.15, 0.2) is 0 Å². The molecule has 21 heavy (non-hydrogen) atoms. The third-order valence-electron chi connectivity index (χ3n) is 2.59. The zero-order valence-corrected chi connectivity index (χ0v) is 10.7. The standard InChI is InChI=1S/C15H10N2O4/c16-9-10(8-11-4-3-7-21-11)14(18)17-13-6-2-1-5-12(13)15(19)20/h1-8H,(H,17,18)(H,19,20)/p-1/b10-8+. The largest absolute Gasteiger partial charge is 0.545 e. The van der Waals surface area contributed by atoms with Gasteiger partial charge in [0.25, 0.3) is 5.91 Å². The first-order valence-corrected chi connectivity index (χ1v) is 5.89. The van der Waals surface area contributed by atoms with E-state index in [1.807, 2.05) is 0 Å². The Morgan fingerprint density at radius 2 is 2.00 bits per heavy atom. The van der Waals surface area contributed by atoms with Gasteiger partial charge in [0.1, 0.15) is 17.4 Å². The lowest BCUT2D eigenvalue weighted by Gasteiger charge is -2.10. The number of para-hydroxylation sites is 1. The van der Waals surface area contributed by atoms with E-state index in [1.165, 1.54) is 30.5 Å². The fourth-order valence-electron chi connectivity index (χ4n) is 1.62. The van der Waals surface area contributed by atoms with E-state index < -0.39 is 11.9 Å². The van der Waals surface area contributed by atoms with E-state index in [2.05, 4.69) is 5.32 Å². The SMILES string of the molecule is N#C/C(=C\c1ccco1)C(=O)Nc1ccccc1C(=O)[O-]. The number of anilines is 1. The van der Waals surface area contributed by atoms with Gasteiger partial charge in [-0.1, -0.05) is 18.2 Å². The summed E-state index contributed by atoms with van der Waals surface area (Å²) in [6.45, 7) is 0. The molecule has 1 heterocycles. The molecule has 1 aromatic heterocycles. The molecule has 0 unspecified atom stereocenters. The third-order valence-corrected chi connectivity index (χ3v) is 2.59. The van der Waals surface area contributed by atoms with E-state index in [-0.39, 0.29) is 16.8 Å². The van der Waals surface area contributed by atoms with Crippen molar-refractivity contribution in [2.45, 2.75) is 0 Å². The van der Waals surface area contributed by atoms with Crippen LogP contribution in [-0.2, 0) is 4.79 Å². The van der Waals surface area contributed by atoms with Gasteiger partial charge in [0.2, 0.25) is 0 Å². The van der Waals surface area contributed by atoms with Crippen molar-refractivity contribution in [3.05, 3.63) is 59.6 Å². The van der Waals surface area contributed by atoms with Crippen LogP contribution in [0.15, 0.2) is 52.7 Å². The minimum Gasteiger partial charge on any atom is -0.545 e. The Morgan fingerprint density at radius 1 is 1.24 bits per heavy atom. The lowest BCUT2D eigenvalue weighted by Crippen LogP contribution is -2.25. The summed E-state index contributed by atoms with van der Waals surface area (Å²) in [6.07, 6.45) is 2.67. The highest BCUT2D eigenvalue weighted by atomic mass is 16.4. The second-order valence-electron chi connectivity index (χ2n) is 3.97. The fourth-order valence-corrected chi connectivity index (χ4v) is 1.62. The van der Waals surface area contributed by atoms with Gasteiger partial charge in [-0.05, 0) is 18.2 Å². The first-order chi connectivity index (χ1) is 10.1. The molecular formula is C15H9N2O4-. The van der Waals surface area contributed by atoms with E-state index in [1.54, 1.807) is 24.3 Å². The molecule has 104 valence electrons. The molecule has 6 heteroatoms. The lowest BCUT2D eigenvalue weighted by molar-refractivity contribution is -0.254. The van der Waals surface area contributed by atoms with Gasteiger partial charge >= 0.3 is 0 Å². The second-order valence-corrected chi connectivity index (χ2v) is 3.97. The van der Waals surface area contributed by atoms with Crippen molar-refractivity contribution in [2.24, 2.45) is 0 Å². The summed E-state index contributed by atoms with van der Waals surface area (Å²) in [6, 6.07) is 10.7. The number of carboxylic acid groups (broad SMARTS) is 1. The van der Waals surface area contributed by atoms with Crippen LogP contribution in [0.3, 0.4) is 0 Å². The first kappa shape index (κ1) is 14.1. The highest BCUT2D eigenvalue weighted by molar-refractivity contribution is 6.11. The van der Waals surface area contributed by atoms with Crippen LogP contribution in [0.25, 0.3) is 6.08 Å². The Kier molecular flexibility index (Phi) is 4.17. The van der Waals surface area contributed by atoms with Crippen LogP contribution in [0.4, 0.5) is 5.69 Å². The van der Waals surface area contributed by atoms with Crippen LogP contribution in [0.1, 0.15) is 16.1 Å². The molecule has 2 rings (SSSR count). The summed E-state index contributed by atoms with van der Waals surface area (Å²) in [5.74, 6) is -1.81. The molecule has 0 spiro atoms. The zero-order valence-electron chi connectivity index (χ0n) is 10.7. The molecule has 0 aliphatic heterocycles. The average Bonchev–Trinajstić information content (AvgIpc) is 2.98. The highest BCUT2D eigenvalue weighted by Crippen LogP contribution is 2.16. The number of amides is 1. The number of carboxylic acids is 1. The van der Waals surface area contributed by atoms with Crippen molar-refractivity contribution >= 4 is 23.6 Å². The van der Waals surface area contributed by atoms with E-state index in [9.17, 15) is 14.7 Å². The van der Waals surface area contributed by atoms with Crippen LogP contribution in [0.2, 0.25) is 0 Å². The number of carbonyl (C=O) groups is 2. The Labute approximate surface area is 119 Å². The smallest absolute Gasteiger partial charge is 0.266 e. The molecule has 0 saturated carbocycles. The van der Waals surface area contributed by atoms with Crippen molar-refractivity contribution < 1.29 is 19.1 Å². The Hall–Kier alpha value is -3.33. The van der Waals surface area contributed by atoms with Gasteiger partial charge in [0.05, 0.1) is 17.9 Å². The summed E-state index contributed by atoms with van der Waals surface area (Å²) in [5, 5.41) is 22.3. The summed E-state index contributed by atoms with van der Waals surface area (Å²) >= 11 is 0. The Balaban J connectivity index is 2.25. The number of hydrogen-bond donors (Lipinski definition) is 1. The van der Waals surface area contributed by atoms with Crippen molar-refractivity contribution in [1.29, 1.82) is 5.26 Å². The number of aromatic carboxylic acids is 1. The summed E-state index contributed by atoms with van der Waals surface area (Å²) in [7, 11) is 0. The quantitative estimate of drug-likeness (QED) is 0.669. The number of hydrogen-bond acceptors (Lipinski definition) is 5. The Morgan fingerprint density at radius 3 is 2.62 bits per heavy atom. The predicted octanol–water partition coefficient (Wildman–Crippen LogP) is 1.19. The molecule has 0 aliphatic rings. The monoisotopic (exact) mass is 281 g/mol. The number of nitrogens with zero attached hydrogens (tertiary/aromatic N) is 1. The van der Waals surface area contributed by atoms with E-state index in [0.717, 1.165) is 0 Å². The zero-order chi connectivity index (χ0) is 15.2. The van der Waals surface area contributed by atoms with Crippen LogP contribution >= 0.6 is 0 Å². The van der Waals surface area contributed by atoms with Gasteiger partial charge in [-0.2, -0.15) is 5.26 Å². The number of carbonyl (C=O) groups excluding carboxylic acids is 2. The van der Waals surface area contributed by atoms with Crippen LogP contribution < -0.4 is 10.4 Å². The third kappa shape index (κ3) is 3.36. The molecule has 0 atom stereocenters.